The van der Waals surface area contributed by atoms with Crippen LogP contribution in [0, 0.1) is 4.91 Å². The third kappa shape index (κ3) is 1.23. The van der Waals surface area contributed by atoms with E-state index in [2.05, 4.69) is 10.2 Å². The number of nitrogens with zero attached hydrogens (tertiary/aromatic N) is 3. The molecule has 1 aromatic rings. The van der Waals surface area contributed by atoms with Crippen molar-refractivity contribution in [2.75, 3.05) is 23.5 Å². The largest absolute Gasteiger partial charge is 0.371 e. The summed E-state index contributed by atoms with van der Waals surface area (Å²) in [6, 6.07) is 7.94. The molecular formula is C10H13N3O. The molecule has 4 nitrogen and oxygen atoms in total. The highest BCUT2D eigenvalue weighted by Gasteiger charge is 2.26. The molecule has 0 spiro atoms. The lowest BCUT2D eigenvalue weighted by Crippen LogP contribution is -2.43. The predicted molar refractivity (Wildman–Crippen MR) is 57.4 cm³/mol. The van der Waals surface area contributed by atoms with E-state index >= 15 is 0 Å². The summed E-state index contributed by atoms with van der Waals surface area (Å²) in [5.41, 5.74) is 1.95. The van der Waals surface area contributed by atoms with Crippen LogP contribution in [0.15, 0.2) is 29.6 Å². The molecule has 0 fully saturated rings. The molecule has 1 aliphatic heterocycles. The molecule has 0 unspecified atom stereocenters. The Kier molecular flexibility index (Phi) is 2.11. The second-order valence-electron chi connectivity index (χ2n) is 3.64. The van der Waals surface area contributed by atoms with Gasteiger partial charge in [-0.25, -0.2) is 5.01 Å². The number of benzene rings is 1. The van der Waals surface area contributed by atoms with Gasteiger partial charge in [-0.05, 0) is 19.1 Å². The SMILES string of the molecule is C[C@@H]1CN(C)c2ccccc2N1N=O. The van der Waals surface area contributed by atoms with Gasteiger partial charge in [-0.2, -0.15) is 0 Å². The van der Waals surface area contributed by atoms with E-state index in [1.165, 1.54) is 5.01 Å². The third-order valence-electron chi connectivity index (χ3n) is 2.58. The summed E-state index contributed by atoms with van der Waals surface area (Å²) in [5.74, 6) is 0. The molecule has 0 radical (unpaired) electrons. The van der Waals surface area contributed by atoms with Crippen LogP contribution in [0.4, 0.5) is 11.4 Å². The first-order chi connectivity index (χ1) is 6.74. The Bertz CT molecular complexity index is 353. The molecule has 0 aliphatic carbocycles. The summed E-state index contributed by atoms with van der Waals surface area (Å²) in [7, 11) is 2.03. The zero-order chi connectivity index (χ0) is 10.1. The van der Waals surface area contributed by atoms with Crippen LogP contribution in [-0.4, -0.2) is 19.6 Å². The summed E-state index contributed by atoms with van der Waals surface area (Å²) >= 11 is 0. The van der Waals surface area contributed by atoms with Gasteiger partial charge in [0, 0.05) is 13.6 Å². The first-order valence-electron chi connectivity index (χ1n) is 4.66. The Balaban J connectivity index is 2.50. The van der Waals surface area contributed by atoms with Crippen molar-refractivity contribution in [3.05, 3.63) is 29.2 Å². The van der Waals surface area contributed by atoms with Crippen molar-refractivity contribution in [1.29, 1.82) is 0 Å². The van der Waals surface area contributed by atoms with Gasteiger partial charge in [-0.1, -0.05) is 12.1 Å². The van der Waals surface area contributed by atoms with Gasteiger partial charge >= 0.3 is 0 Å². The van der Waals surface area contributed by atoms with E-state index < -0.39 is 0 Å². The maximum atomic E-state index is 10.7. The zero-order valence-electron chi connectivity index (χ0n) is 8.34. The van der Waals surface area contributed by atoms with Crippen LogP contribution in [0.5, 0.6) is 0 Å². The van der Waals surface area contributed by atoms with Crippen LogP contribution < -0.4 is 9.91 Å². The van der Waals surface area contributed by atoms with Crippen molar-refractivity contribution >= 4 is 11.4 Å². The van der Waals surface area contributed by atoms with E-state index in [0.29, 0.717) is 0 Å². The fraction of sp³-hybridized carbons (Fsp3) is 0.400. The summed E-state index contributed by atoms with van der Waals surface area (Å²) in [6.07, 6.45) is 0. The number of anilines is 2. The normalized spacial score (nSPS) is 20.6. The monoisotopic (exact) mass is 191 g/mol. The highest BCUT2D eigenvalue weighted by molar-refractivity contribution is 5.73. The van der Waals surface area contributed by atoms with Gasteiger partial charge in [0.2, 0.25) is 0 Å². The van der Waals surface area contributed by atoms with E-state index in [1.807, 2.05) is 38.2 Å². The van der Waals surface area contributed by atoms with E-state index in [9.17, 15) is 4.91 Å². The second-order valence-corrected chi connectivity index (χ2v) is 3.64. The Morgan fingerprint density at radius 2 is 2.00 bits per heavy atom. The minimum absolute atomic E-state index is 0.132. The molecule has 0 N–H and O–H groups in total. The van der Waals surface area contributed by atoms with Gasteiger partial charge < -0.3 is 4.90 Å². The predicted octanol–water partition coefficient (Wildman–Crippen LogP) is 2.01. The lowest BCUT2D eigenvalue weighted by Gasteiger charge is -2.36. The average molecular weight is 191 g/mol. The second kappa shape index (κ2) is 3.29. The van der Waals surface area contributed by atoms with E-state index in [1.54, 1.807) is 0 Å². The Morgan fingerprint density at radius 1 is 1.36 bits per heavy atom. The quantitative estimate of drug-likeness (QED) is 0.637. The molecule has 1 aliphatic rings. The van der Waals surface area contributed by atoms with Gasteiger partial charge in [0.15, 0.2) is 0 Å². The summed E-state index contributed by atoms with van der Waals surface area (Å²) in [6.45, 7) is 2.82. The average Bonchev–Trinajstić information content (AvgIpc) is 2.18. The van der Waals surface area contributed by atoms with Crippen molar-refractivity contribution in [2.45, 2.75) is 13.0 Å². The van der Waals surface area contributed by atoms with Crippen LogP contribution >= 0.6 is 0 Å². The standard InChI is InChI=1S/C10H13N3O/c1-8-7-12(2)9-5-3-4-6-10(9)13(8)11-14/h3-6,8H,7H2,1-2H3/t8-/m1/s1. The maximum Gasteiger partial charge on any atom is 0.0863 e. The molecule has 1 aromatic carbocycles. The van der Waals surface area contributed by atoms with E-state index in [0.717, 1.165) is 17.9 Å². The van der Waals surface area contributed by atoms with Crippen LogP contribution in [0.3, 0.4) is 0 Å². The van der Waals surface area contributed by atoms with Crippen molar-refractivity contribution in [1.82, 2.24) is 0 Å². The number of para-hydroxylation sites is 2. The molecule has 1 heterocycles. The fourth-order valence-electron chi connectivity index (χ4n) is 1.91. The van der Waals surface area contributed by atoms with Crippen LogP contribution in [-0.2, 0) is 0 Å². The van der Waals surface area contributed by atoms with E-state index in [4.69, 9.17) is 0 Å². The van der Waals surface area contributed by atoms with E-state index in [-0.39, 0.29) is 6.04 Å². The molecule has 0 amide bonds. The fourth-order valence-corrected chi connectivity index (χ4v) is 1.91. The minimum Gasteiger partial charge on any atom is -0.371 e. The lowest BCUT2D eigenvalue weighted by molar-refractivity contribution is 0.619. The van der Waals surface area contributed by atoms with Gasteiger partial charge in [0.25, 0.3) is 0 Å². The van der Waals surface area contributed by atoms with Gasteiger partial charge in [0.1, 0.15) is 0 Å². The lowest BCUT2D eigenvalue weighted by atomic mass is 10.1. The summed E-state index contributed by atoms with van der Waals surface area (Å²) in [5, 5.41) is 4.60. The van der Waals surface area contributed by atoms with Crippen LogP contribution in [0.2, 0.25) is 0 Å². The number of rotatable bonds is 1. The van der Waals surface area contributed by atoms with Gasteiger partial charge in [0.05, 0.1) is 22.7 Å². The van der Waals surface area contributed by atoms with Crippen molar-refractivity contribution < 1.29 is 0 Å². The Morgan fingerprint density at radius 3 is 2.64 bits per heavy atom. The maximum absolute atomic E-state index is 10.7. The molecule has 4 heteroatoms. The first-order valence-corrected chi connectivity index (χ1v) is 4.66. The molecule has 1 atom stereocenters. The summed E-state index contributed by atoms with van der Waals surface area (Å²) in [4.78, 5) is 12.8. The van der Waals surface area contributed by atoms with Crippen LogP contribution in [0.1, 0.15) is 6.92 Å². The number of likely N-dealkylation sites (N-methyl/N-ethyl adjacent to an activating group) is 1. The number of nitroso groups, excluding NO2 is 1. The number of fused-ring (bicyclic) bond motifs is 1. The molecule has 0 bridgehead atoms. The highest BCUT2D eigenvalue weighted by Crippen LogP contribution is 2.34. The van der Waals surface area contributed by atoms with Crippen molar-refractivity contribution in [3.8, 4) is 0 Å². The Labute approximate surface area is 83.1 Å². The Hall–Kier alpha value is -1.58. The molecule has 0 aromatic heterocycles. The minimum atomic E-state index is 0.132. The van der Waals surface area contributed by atoms with Crippen molar-refractivity contribution in [3.63, 3.8) is 0 Å². The molecule has 2 rings (SSSR count). The number of hydrogen-bond donors (Lipinski definition) is 0. The van der Waals surface area contributed by atoms with Gasteiger partial charge in [-0.15, -0.1) is 4.91 Å². The topological polar surface area (TPSA) is 35.9 Å². The zero-order valence-corrected chi connectivity index (χ0v) is 8.34. The van der Waals surface area contributed by atoms with Gasteiger partial charge in [-0.3, -0.25) is 0 Å². The number of hydrogen-bond acceptors (Lipinski definition) is 3. The molecule has 0 saturated heterocycles. The van der Waals surface area contributed by atoms with Crippen molar-refractivity contribution in [2.24, 2.45) is 5.29 Å². The highest BCUT2D eigenvalue weighted by atomic mass is 16.3. The molecule has 14 heavy (non-hydrogen) atoms. The first kappa shape index (κ1) is 8.99. The molecule has 0 saturated carbocycles. The summed E-state index contributed by atoms with van der Waals surface area (Å²) < 4.78 is 0. The van der Waals surface area contributed by atoms with Crippen LogP contribution in [0.25, 0.3) is 0 Å². The molecule has 74 valence electrons. The third-order valence-corrected chi connectivity index (χ3v) is 2.58. The molecular weight excluding hydrogens is 178 g/mol. The smallest absolute Gasteiger partial charge is 0.0863 e.